The van der Waals surface area contributed by atoms with Crippen molar-refractivity contribution >= 4 is 29.9 Å². The lowest BCUT2D eigenvalue weighted by molar-refractivity contribution is 0.0309. The van der Waals surface area contributed by atoms with Crippen LogP contribution in [0.2, 0.25) is 0 Å². The number of hydrogen-bond acceptors (Lipinski definition) is 2. The Hall–Kier alpha value is -0.0400. The summed E-state index contributed by atoms with van der Waals surface area (Å²) in [5.41, 5.74) is 5.58. The van der Waals surface area contributed by atoms with E-state index in [1.54, 1.807) is 7.11 Å². The first kappa shape index (κ1) is 17.4. The van der Waals surface area contributed by atoms with Crippen molar-refractivity contribution in [2.24, 2.45) is 10.7 Å². The molecule has 0 aromatic rings. The van der Waals surface area contributed by atoms with Crippen LogP contribution in [-0.2, 0) is 4.74 Å². The Morgan fingerprint density at radius 3 is 2.13 bits per heavy atom. The third-order valence-corrected chi connectivity index (χ3v) is 2.26. The molecule has 0 aliphatic carbocycles. The number of hydrogen-bond donors (Lipinski definition) is 1. The van der Waals surface area contributed by atoms with Crippen molar-refractivity contribution in [3.05, 3.63) is 0 Å². The van der Waals surface area contributed by atoms with Crippen molar-refractivity contribution in [1.82, 2.24) is 4.90 Å². The van der Waals surface area contributed by atoms with Gasteiger partial charge in [-0.25, -0.2) is 0 Å². The first-order valence-electron chi connectivity index (χ1n) is 5.06. The molecule has 4 nitrogen and oxygen atoms in total. The van der Waals surface area contributed by atoms with Gasteiger partial charge in [0.25, 0.3) is 0 Å². The summed E-state index contributed by atoms with van der Waals surface area (Å²) in [6, 6.07) is 0. The van der Waals surface area contributed by atoms with Crippen LogP contribution in [0.15, 0.2) is 4.99 Å². The molecular formula is C10H24IN3O. The first-order valence-corrected chi connectivity index (χ1v) is 5.06. The highest BCUT2D eigenvalue weighted by atomic mass is 127. The molecule has 0 heterocycles. The van der Waals surface area contributed by atoms with Gasteiger partial charge in [0, 0.05) is 20.2 Å². The quantitative estimate of drug-likeness (QED) is 0.474. The number of nitrogens with two attached hydrogens (primary N) is 1. The van der Waals surface area contributed by atoms with Crippen LogP contribution in [-0.4, -0.2) is 43.2 Å². The number of aliphatic imine (C=N–C) groups is 1. The third kappa shape index (κ3) is 6.94. The van der Waals surface area contributed by atoms with Gasteiger partial charge >= 0.3 is 0 Å². The largest absolute Gasteiger partial charge is 0.377 e. The van der Waals surface area contributed by atoms with Gasteiger partial charge < -0.3 is 15.4 Å². The second-order valence-electron chi connectivity index (χ2n) is 3.81. The molecule has 2 N–H and O–H groups in total. The number of guanidine groups is 1. The third-order valence-electron chi connectivity index (χ3n) is 2.26. The van der Waals surface area contributed by atoms with Crippen LogP contribution in [0, 0.1) is 0 Å². The Kier molecular flexibility index (Phi) is 9.43. The molecule has 0 rings (SSSR count). The minimum absolute atomic E-state index is 0. The Balaban J connectivity index is 0. The van der Waals surface area contributed by atoms with Crippen molar-refractivity contribution in [3.8, 4) is 0 Å². The molecular weight excluding hydrogens is 305 g/mol. The summed E-state index contributed by atoms with van der Waals surface area (Å²) < 4.78 is 5.25. The lowest BCUT2D eigenvalue weighted by Gasteiger charge is -2.23. The highest BCUT2D eigenvalue weighted by Gasteiger charge is 2.15. The van der Waals surface area contributed by atoms with Gasteiger partial charge in [-0.15, -0.1) is 24.0 Å². The van der Waals surface area contributed by atoms with Crippen LogP contribution in [0.1, 0.15) is 27.7 Å². The molecule has 0 aliphatic rings. The zero-order valence-corrected chi connectivity index (χ0v) is 12.7. The van der Waals surface area contributed by atoms with Gasteiger partial charge in [0.15, 0.2) is 5.96 Å². The standard InChI is InChI=1S/C10H23N3O.HI/c1-6-13(7-2)9(11)12-8-10(3,4)14-5;/h6-8H2,1-5H3,(H2,11,12);1H. The summed E-state index contributed by atoms with van der Waals surface area (Å²) in [6.45, 7) is 10.5. The van der Waals surface area contributed by atoms with E-state index in [9.17, 15) is 0 Å². The Labute approximate surface area is 110 Å². The van der Waals surface area contributed by atoms with Gasteiger partial charge in [-0.3, -0.25) is 4.99 Å². The molecule has 92 valence electrons. The van der Waals surface area contributed by atoms with E-state index in [2.05, 4.69) is 18.8 Å². The number of ether oxygens (including phenoxy) is 1. The molecule has 0 atom stereocenters. The molecule has 0 saturated heterocycles. The normalized spacial score (nSPS) is 12.2. The molecule has 0 spiro atoms. The average molecular weight is 329 g/mol. The molecule has 15 heavy (non-hydrogen) atoms. The fourth-order valence-electron chi connectivity index (χ4n) is 0.984. The highest BCUT2D eigenvalue weighted by Crippen LogP contribution is 2.07. The van der Waals surface area contributed by atoms with E-state index < -0.39 is 0 Å². The van der Waals surface area contributed by atoms with Crippen molar-refractivity contribution in [3.63, 3.8) is 0 Å². The van der Waals surface area contributed by atoms with Crippen LogP contribution in [0.3, 0.4) is 0 Å². The summed E-state index contributed by atoms with van der Waals surface area (Å²) in [7, 11) is 1.68. The smallest absolute Gasteiger partial charge is 0.191 e. The molecule has 0 saturated carbocycles. The van der Waals surface area contributed by atoms with Gasteiger partial charge in [-0.1, -0.05) is 0 Å². The van der Waals surface area contributed by atoms with Gasteiger partial charge in [-0.05, 0) is 27.7 Å². The van der Waals surface area contributed by atoms with Crippen molar-refractivity contribution in [1.29, 1.82) is 0 Å². The summed E-state index contributed by atoms with van der Waals surface area (Å²) >= 11 is 0. The van der Waals surface area contributed by atoms with Crippen molar-refractivity contribution in [2.75, 3.05) is 26.7 Å². The summed E-state index contributed by atoms with van der Waals surface area (Å²) in [5, 5.41) is 0. The summed E-state index contributed by atoms with van der Waals surface area (Å²) in [5.74, 6) is 0.597. The van der Waals surface area contributed by atoms with Crippen LogP contribution >= 0.6 is 24.0 Å². The predicted octanol–water partition coefficient (Wildman–Crippen LogP) is 1.69. The van der Waals surface area contributed by atoms with E-state index in [1.807, 2.05) is 18.7 Å². The second kappa shape index (κ2) is 8.15. The van der Waals surface area contributed by atoms with Crippen LogP contribution < -0.4 is 5.73 Å². The van der Waals surface area contributed by atoms with E-state index in [1.165, 1.54) is 0 Å². The summed E-state index contributed by atoms with van der Waals surface area (Å²) in [6.07, 6.45) is 0. The maximum atomic E-state index is 5.82. The zero-order chi connectivity index (χ0) is 11.2. The maximum absolute atomic E-state index is 5.82. The van der Waals surface area contributed by atoms with Crippen LogP contribution in [0.4, 0.5) is 0 Å². The Morgan fingerprint density at radius 2 is 1.80 bits per heavy atom. The van der Waals surface area contributed by atoms with Crippen molar-refractivity contribution in [2.45, 2.75) is 33.3 Å². The SMILES string of the molecule is CCN(CC)C(N)=NCC(C)(C)OC.I. The fraction of sp³-hybridized carbons (Fsp3) is 0.900. The lowest BCUT2D eigenvalue weighted by atomic mass is 10.1. The molecule has 0 radical (unpaired) electrons. The number of nitrogens with zero attached hydrogens (tertiary/aromatic N) is 2. The highest BCUT2D eigenvalue weighted by molar-refractivity contribution is 14.0. The molecule has 0 amide bonds. The molecule has 0 aromatic carbocycles. The second-order valence-corrected chi connectivity index (χ2v) is 3.81. The number of rotatable bonds is 5. The maximum Gasteiger partial charge on any atom is 0.191 e. The van der Waals surface area contributed by atoms with Gasteiger partial charge in [0.2, 0.25) is 0 Å². The molecule has 0 fully saturated rings. The fourth-order valence-corrected chi connectivity index (χ4v) is 0.984. The summed E-state index contributed by atoms with van der Waals surface area (Å²) in [4.78, 5) is 6.32. The van der Waals surface area contributed by atoms with E-state index in [-0.39, 0.29) is 29.6 Å². The van der Waals surface area contributed by atoms with E-state index in [4.69, 9.17) is 10.5 Å². The molecule has 0 unspecified atom stereocenters. The molecule has 0 bridgehead atoms. The molecule has 0 aromatic heterocycles. The first-order chi connectivity index (χ1) is 6.46. The minimum Gasteiger partial charge on any atom is -0.377 e. The van der Waals surface area contributed by atoms with Gasteiger partial charge in [0.05, 0.1) is 12.1 Å². The van der Waals surface area contributed by atoms with Crippen molar-refractivity contribution < 1.29 is 4.74 Å². The monoisotopic (exact) mass is 329 g/mol. The molecule has 5 heteroatoms. The average Bonchev–Trinajstić information content (AvgIpc) is 2.17. The van der Waals surface area contributed by atoms with E-state index in [0.29, 0.717) is 12.5 Å². The zero-order valence-electron chi connectivity index (χ0n) is 10.4. The predicted molar refractivity (Wildman–Crippen MR) is 75.9 cm³/mol. The van der Waals surface area contributed by atoms with E-state index >= 15 is 0 Å². The topological polar surface area (TPSA) is 50.8 Å². The van der Waals surface area contributed by atoms with Gasteiger partial charge in [-0.2, -0.15) is 0 Å². The Morgan fingerprint density at radius 1 is 1.33 bits per heavy atom. The Bertz CT molecular complexity index is 191. The number of halogens is 1. The van der Waals surface area contributed by atoms with Gasteiger partial charge in [0.1, 0.15) is 0 Å². The van der Waals surface area contributed by atoms with E-state index in [0.717, 1.165) is 13.1 Å². The molecule has 0 aliphatic heterocycles. The number of methoxy groups -OCH3 is 1. The van der Waals surface area contributed by atoms with Crippen LogP contribution in [0.5, 0.6) is 0 Å². The minimum atomic E-state index is -0.238. The lowest BCUT2D eigenvalue weighted by Crippen LogP contribution is -2.38. The van der Waals surface area contributed by atoms with Crippen LogP contribution in [0.25, 0.3) is 0 Å².